The van der Waals surface area contributed by atoms with Gasteiger partial charge in [0.05, 0.1) is 12.8 Å². The molecule has 1 aromatic heterocycles. The van der Waals surface area contributed by atoms with Crippen molar-refractivity contribution < 1.29 is 28.6 Å². The number of aryl methyl sites for hydroxylation is 2. The van der Waals surface area contributed by atoms with E-state index in [4.69, 9.17) is 24.0 Å². The van der Waals surface area contributed by atoms with Gasteiger partial charge >= 0.3 is 7.60 Å². The molecule has 1 atom stereocenters. The van der Waals surface area contributed by atoms with E-state index in [1.807, 2.05) is 13.8 Å². The van der Waals surface area contributed by atoms with Crippen LogP contribution in [0.2, 0.25) is 0 Å². The lowest BCUT2D eigenvalue weighted by atomic mass is 10.3. The maximum Gasteiger partial charge on any atom is 0.325 e. The molecule has 1 aromatic rings. The Morgan fingerprint density at radius 2 is 2.05 bits per heavy atom. The first-order valence-electron chi connectivity index (χ1n) is 6.38. The molecular weight excluding hydrogens is 303 g/mol. The Hall–Kier alpha value is -0.590. The van der Waals surface area contributed by atoms with Gasteiger partial charge in [-0.25, -0.2) is 0 Å². The monoisotopic (exact) mass is 322 g/mol. The highest BCUT2D eigenvalue weighted by Gasteiger charge is 2.26. The number of fused-ring (bicyclic) bond motifs is 1. The molecular formula is C12H19O6PS. The maximum absolute atomic E-state index is 10.7. The van der Waals surface area contributed by atoms with Gasteiger partial charge in [-0.05, 0) is 20.3 Å². The van der Waals surface area contributed by atoms with E-state index in [1.165, 1.54) is 0 Å². The summed E-state index contributed by atoms with van der Waals surface area (Å²) in [6.45, 7) is 5.08. The van der Waals surface area contributed by atoms with Crippen LogP contribution in [0.4, 0.5) is 0 Å². The summed E-state index contributed by atoms with van der Waals surface area (Å²) in [5, 5.41) is 0. The fourth-order valence-corrected chi connectivity index (χ4v) is 3.47. The Kier molecular flexibility index (Phi) is 5.09. The predicted molar refractivity (Wildman–Crippen MR) is 76.1 cm³/mol. The number of hydrogen-bond acceptors (Lipinski definition) is 5. The highest BCUT2D eigenvalue weighted by atomic mass is 32.1. The molecule has 0 spiro atoms. The van der Waals surface area contributed by atoms with Gasteiger partial charge in [0.1, 0.15) is 6.61 Å². The summed E-state index contributed by atoms with van der Waals surface area (Å²) in [6.07, 6.45) is 0.00655. The molecule has 6 nitrogen and oxygen atoms in total. The zero-order valence-electron chi connectivity index (χ0n) is 11.5. The molecule has 1 aliphatic heterocycles. The largest absolute Gasteiger partial charge is 0.485 e. The van der Waals surface area contributed by atoms with Crippen molar-refractivity contribution in [3.8, 4) is 11.5 Å². The number of rotatable bonds is 6. The minimum Gasteiger partial charge on any atom is -0.485 e. The lowest BCUT2D eigenvalue weighted by molar-refractivity contribution is 0.00903. The van der Waals surface area contributed by atoms with Crippen molar-refractivity contribution in [1.29, 1.82) is 0 Å². The van der Waals surface area contributed by atoms with Crippen LogP contribution >= 0.6 is 18.9 Å². The fourth-order valence-electron chi connectivity index (χ4n) is 1.99. The van der Waals surface area contributed by atoms with E-state index in [9.17, 15) is 4.57 Å². The van der Waals surface area contributed by atoms with E-state index in [-0.39, 0.29) is 12.3 Å². The quantitative estimate of drug-likeness (QED) is 0.616. The smallest absolute Gasteiger partial charge is 0.325 e. The van der Waals surface area contributed by atoms with Gasteiger partial charge in [0, 0.05) is 16.4 Å². The first-order valence-corrected chi connectivity index (χ1v) is 9.00. The van der Waals surface area contributed by atoms with Crippen LogP contribution in [0, 0.1) is 13.8 Å². The van der Waals surface area contributed by atoms with Crippen molar-refractivity contribution >= 4 is 18.9 Å². The van der Waals surface area contributed by atoms with Gasteiger partial charge in [-0.3, -0.25) is 4.57 Å². The van der Waals surface area contributed by atoms with E-state index in [0.29, 0.717) is 26.2 Å². The molecule has 1 aliphatic rings. The Balaban J connectivity index is 1.74. The van der Waals surface area contributed by atoms with E-state index in [0.717, 1.165) is 21.3 Å². The maximum atomic E-state index is 10.7. The van der Waals surface area contributed by atoms with E-state index in [1.54, 1.807) is 11.3 Å². The molecule has 2 rings (SSSR count). The van der Waals surface area contributed by atoms with Crippen molar-refractivity contribution in [2.24, 2.45) is 0 Å². The molecule has 0 saturated carbocycles. The van der Waals surface area contributed by atoms with Crippen LogP contribution < -0.4 is 9.47 Å². The van der Waals surface area contributed by atoms with Gasteiger partial charge in [-0.15, -0.1) is 11.3 Å². The molecule has 0 saturated heterocycles. The van der Waals surface area contributed by atoms with Crippen LogP contribution in [0.5, 0.6) is 11.5 Å². The van der Waals surface area contributed by atoms with Crippen molar-refractivity contribution in [1.82, 2.24) is 0 Å². The van der Waals surface area contributed by atoms with Crippen LogP contribution in [0.25, 0.3) is 0 Å². The number of ether oxygens (including phenoxy) is 3. The Labute approximate surface area is 121 Å². The third-order valence-electron chi connectivity index (χ3n) is 2.89. The molecule has 114 valence electrons. The van der Waals surface area contributed by atoms with Gasteiger partial charge in [0.25, 0.3) is 0 Å². The number of thiophene rings is 1. The van der Waals surface area contributed by atoms with E-state index >= 15 is 0 Å². The van der Waals surface area contributed by atoms with Crippen molar-refractivity contribution in [2.75, 3.05) is 26.0 Å². The van der Waals surface area contributed by atoms with Crippen LogP contribution in [0.15, 0.2) is 0 Å². The van der Waals surface area contributed by atoms with Gasteiger partial charge in [0.15, 0.2) is 17.6 Å². The predicted octanol–water partition coefficient (Wildman–Crippen LogP) is 2.09. The average Bonchev–Trinajstić information content (AvgIpc) is 2.63. The van der Waals surface area contributed by atoms with Gasteiger partial charge < -0.3 is 24.0 Å². The summed E-state index contributed by atoms with van der Waals surface area (Å²) in [6, 6.07) is 0. The highest BCUT2D eigenvalue weighted by molar-refractivity contribution is 7.51. The lowest BCUT2D eigenvalue weighted by Gasteiger charge is -2.25. The zero-order valence-corrected chi connectivity index (χ0v) is 13.2. The normalized spacial score (nSPS) is 18.3. The standard InChI is InChI=1S/C12H19O6PS/c1-8-11-12(9(2)20-8)18-10(7-17-11)6-16-4-3-5-19(13,14)15/h10H,3-7H2,1-2H3,(H2,13,14,15). The Morgan fingerprint density at radius 3 is 2.75 bits per heavy atom. The minimum absolute atomic E-state index is 0.151. The summed E-state index contributed by atoms with van der Waals surface area (Å²) in [7, 11) is -3.92. The third kappa shape index (κ3) is 4.20. The second-order valence-electron chi connectivity index (χ2n) is 4.74. The van der Waals surface area contributed by atoms with Crippen LogP contribution in [0.3, 0.4) is 0 Å². The molecule has 0 bridgehead atoms. The summed E-state index contributed by atoms with van der Waals surface area (Å²) in [4.78, 5) is 19.6. The Morgan fingerprint density at radius 1 is 1.35 bits per heavy atom. The molecule has 2 heterocycles. The SMILES string of the molecule is Cc1sc(C)c2c1OCC(COCCCP(=O)(O)O)O2. The lowest BCUT2D eigenvalue weighted by Crippen LogP contribution is -2.33. The zero-order chi connectivity index (χ0) is 14.8. The van der Waals surface area contributed by atoms with Crippen molar-refractivity contribution in [2.45, 2.75) is 26.4 Å². The summed E-state index contributed by atoms with van der Waals surface area (Å²) in [5.41, 5.74) is 0. The van der Waals surface area contributed by atoms with Gasteiger partial charge in [0.2, 0.25) is 0 Å². The molecule has 0 fully saturated rings. The summed E-state index contributed by atoms with van der Waals surface area (Å²) in [5.74, 6) is 1.62. The minimum atomic E-state index is -3.92. The second-order valence-corrected chi connectivity index (χ2v) is 7.95. The molecule has 0 aromatic carbocycles. The highest BCUT2D eigenvalue weighted by Crippen LogP contribution is 2.43. The molecule has 20 heavy (non-hydrogen) atoms. The fraction of sp³-hybridized carbons (Fsp3) is 0.667. The first kappa shape index (κ1) is 15.8. The van der Waals surface area contributed by atoms with E-state index in [2.05, 4.69) is 0 Å². The summed E-state index contributed by atoms with van der Waals surface area (Å²) >= 11 is 1.64. The van der Waals surface area contributed by atoms with Crippen molar-refractivity contribution in [3.63, 3.8) is 0 Å². The molecule has 1 unspecified atom stereocenters. The second kappa shape index (κ2) is 6.45. The third-order valence-corrected chi connectivity index (χ3v) is 4.77. The van der Waals surface area contributed by atoms with Crippen LogP contribution in [-0.4, -0.2) is 41.9 Å². The Bertz CT molecular complexity index is 508. The molecule has 0 amide bonds. The summed E-state index contributed by atoms with van der Waals surface area (Å²) < 4.78 is 27.6. The van der Waals surface area contributed by atoms with Crippen LogP contribution in [0.1, 0.15) is 16.2 Å². The first-order chi connectivity index (χ1) is 9.37. The van der Waals surface area contributed by atoms with Crippen molar-refractivity contribution in [3.05, 3.63) is 9.75 Å². The molecule has 2 N–H and O–H groups in total. The topological polar surface area (TPSA) is 85.2 Å². The van der Waals surface area contributed by atoms with E-state index < -0.39 is 7.60 Å². The molecule has 8 heteroatoms. The number of hydrogen-bond donors (Lipinski definition) is 2. The molecule has 0 aliphatic carbocycles. The average molecular weight is 322 g/mol. The molecule has 0 radical (unpaired) electrons. The van der Waals surface area contributed by atoms with Gasteiger partial charge in [-0.2, -0.15) is 0 Å². The van der Waals surface area contributed by atoms with Crippen LogP contribution in [-0.2, 0) is 9.30 Å². The van der Waals surface area contributed by atoms with Gasteiger partial charge in [-0.1, -0.05) is 0 Å².